The number of aryl methyl sites for hydroxylation is 1. The zero-order chi connectivity index (χ0) is 12.3. The Morgan fingerprint density at radius 3 is 2.18 bits per heavy atom. The van der Waals surface area contributed by atoms with E-state index in [-0.39, 0.29) is 0 Å². The molecule has 0 aliphatic carbocycles. The zero-order valence-corrected chi connectivity index (χ0v) is 10.8. The van der Waals surface area contributed by atoms with Crippen molar-refractivity contribution in [3.63, 3.8) is 0 Å². The quantitative estimate of drug-likeness (QED) is 0.769. The van der Waals surface area contributed by atoms with E-state index in [9.17, 15) is 0 Å². The molecule has 0 aliphatic heterocycles. The van der Waals surface area contributed by atoms with Gasteiger partial charge in [0.05, 0.1) is 0 Å². The molecule has 0 N–H and O–H groups in total. The van der Waals surface area contributed by atoms with E-state index in [0.717, 1.165) is 6.54 Å². The van der Waals surface area contributed by atoms with Gasteiger partial charge in [-0.25, -0.2) is 0 Å². The van der Waals surface area contributed by atoms with Gasteiger partial charge in [-0.05, 0) is 37.7 Å². The summed E-state index contributed by atoms with van der Waals surface area (Å²) in [5.74, 6) is 0. The fourth-order valence-corrected chi connectivity index (χ4v) is 1.99. The zero-order valence-electron chi connectivity index (χ0n) is 10.8. The van der Waals surface area contributed by atoms with Gasteiger partial charge < -0.3 is 4.90 Å². The summed E-state index contributed by atoms with van der Waals surface area (Å²) >= 11 is 0. The first-order valence-corrected chi connectivity index (χ1v) is 5.96. The maximum absolute atomic E-state index is 2.22. The van der Waals surface area contributed by atoms with Gasteiger partial charge in [-0.3, -0.25) is 0 Å². The number of hydrogen-bond acceptors (Lipinski definition) is 1. The molecule has 2 rings (SSSR count). The van der Waals surface area contributed by atoms with Crippen LogP contribution in [-0.4, -0.2) is 19.0 Å². The first kappa shape index (κ1) is 11.9. The topological polar surface area (TPSA) is 3.24 Å². The lowest BCUT2D eigenvalue weighted by Gasteiger charge is -2.10. The highest BCUT2D eigenvalue weighted by Gasteiger charge is 1.99. The Bertz CT molecular complexity index is 483. The van der Waals surface area contributed by atoms with Crippen molar-refractivity contribution in [2.45, 2.75) is 13.5 Å². The minimum atomic E-state index is 0.994. The molecule has 0 aromatic heterocycles. The smallest absolute Gasteiger partial charge is 0.0227 e. The highest BCUT2D eigenvalue weighted by Crippen LogP contribution is 2.20. The second-order valence-electron chi connectivity index (χ2n) is 4.80. The molecule has 17 heavy (non-hydrogen) atoms. The van der Waals surface area contributed by atoms with E-state index in [4.69, 9.17) is 0 Å². The molecular formula is C16H19N. The number of rotatable bonds is 3. The first-order chi connectivity index (χ1) is 8.15. The third kappa shape index (κ3) is 3.18. The molecule has 0 unspecified atom stereocenters. The largest absolute Gasteiger partial charge is 0.305 e. The monoisotopic (exact) mass is 225 g/mol. The second kappa shape index (κ2) is 5.15. The Hall–Kier alpha value is -1.60. The van der Waals surface area contributed by atoms with Crippen LogP contribution in [0.3, 0.4) is 0 Å². The fourth-order valence-electron chi connectivity index (χ4n) is 1.99. The summed E-state index contributed by atoms with van der Waals surface area (Å²) < 4.78 is 0. The molecule has 0 spiro atoms. The van der Waals surface area contributed by atoms with E-state index in [2.05, 4.69) is 74.4 Å². The van der Waals surface area contributed by atoms with E-state index in [1.54, 1.807) is 0 Å². The molecule has 0 atom stereocenters. The molecule has 0 amide bonds. The SMILES string of the molecule is Cc1cccc(-c2ccc(CN(C)C)cc2)c1. The average Bonchev–Trinajstić information content (AvgIpc) is 2.29. The van der Waals surface area contributed by atoms with Crippen LogP contribution in [0.2, 0.25) is 0 Å². The van der Waals surface area contributed by atoms with Gasteiger partial charge in [-0.1, -0.05) is 54.1 Å². The van der Waals surface area contributed by atoms with Gasteiger partial charge in [0.2, 0.25) is 0 Å². The Morgan fingerprint density at radius 2 is 1.59 bits per heavy atom. The molecule has 0 bridgehead atoms. The minimum Gasteiger partial charge on any atom is -0.305 e. The number of hydrogen-bond donors (Lipinski definition) is 0. The highest BCUT2D eigenvalue weighted by molar-refractivity contribution is 5.64. The number of benzene rings is 2. The van der Waals surface area contributed by atoms with Crippen molar-refractivity contribution >= 4 is 0 Å². The summed E-state index contributed by atoms with van der Waals surface area (Å²) in [5.41, 5.74) is 5.24. The lowest BCUT2D eigenvalue weighted by atomic mass is 10.0. The van der Waals surface area contributed by atoms with Crippen molar-refractivity contribution in [3.8, 4) is 11.1 Å². The van der Waals surface area contributed by atoms with Crippen molar-refractivity contribution in [1.82, 2.24) is 4.90 Å². The van der Waals surface area contributed by atoms with Crippen LogP contribution in [0.15, 0.2) is 48.5 Å². The third-order valence-corrected chi connectivity index (χ3v) is 2.80. The Kier molecular flexibility index (Phi) is 3.60. The van der Waals surface area contributed by atoms with Crippen molar-refractivity contribution in [3.05, 3.63) is 59.7 Å². The van der Waals surface area contributed by atoms with Crippen molar-refractivity contribution in [2.75, 3.05) is 14.1 Å². The van der Waals surface area contributed by atoms with Crippen LogP contribution in [0.5, 0.6) is 0 Å². The molecule has 0 heterocycles. The lowest BCUT2D eigenvalue weighted by molar-refractivity contribution is 0.402. The average molecular weight is 225 g/mol. The molecule has 0 saturated carbocycles. The van der Waals surface area contributed by atoms with E-state index >= 15 is 0 Å². The van der Waals surface area contributed by atoms with Crippen molar-refractivity contribution in [2.24, 2.45) is 0 Å². The summed E-state index contributed by atoms with van der Waals surface area (Å²) in [6.07, 6.45) is 0. The van der Waals surface area contributed by atoms with Crippen LogP contribution in [0.1, 0.15) is 11.1 Å². The van der Waals surface area contributed by atoms with Gasteiger partial charge in [-0.2, -0.15) is 0 Å². The summed E-state index contributed by atoms with van der Waals surface area (Å²) in [6.45, 7) is 3.12. The van der Waals surface area contributed by atoms with Crippen molar-refractivity contribution in [1.29, 1.82) is 0 Å². The lowest BCUT2D eigenvalue weighted by Crippen LogP contribution is -2.10. The minimum absolute atomic E-state index is 0.994. The standard InChI is InChI=1S/C16H19N/c1-13-5-4-6-16(11-13)15-9-7-14(8-10-15)12-17(2)3/h4-11H,12H2,1-3H3. The predicted octanol–water partition coefficient (Wildman–Crippen LogP) is 3.72. The van der Waals surface area contributed by atoms with Crippen LogP contribution < -0.4 is 0 Å². The fraction of sp³-hybridized carbons (Fsp3) is 0.250. The molecule has 0 radical (unpaired) electrons. The molecule has 0 saturated heterocycles. The molecule has 0 aliphatic rings. The molecule has 1 nitrogen and oxygen atoms in total. The van der Waals surface area contributed by atoms with E-state index < -0.39 is 0 Å². The molecule has 2 aromatic rings. The van der Waals surface area contributed by atoms with Crippen LogP contribution >= 0.6 is 0 Å². The maximum Gasteiger partial charge on any atom is 0.0227 e. The van der Waals surface area contributed by atoms with Crippen LogP contribution in [0.4, 0.5) is 0 Å². The van der Waals surface area contributed by atoms with Crippen molar-refractivity contribution < 1.29 is 0 Å². The third-order valence-electron chi connectivity index (χ3n) is 2.80. The molecule has 2 aromatic carbocycles. The normalized spacial score (nSPS) is 10.8. The maximum atomic E-state index is 2.22. The Balaban J connectivity index is 2.23. The second-order valence-corrected chi connectivity index (χ2v) is 4.80. The van der Waals surface area contributed by atoms with E-state index in [1.807, 2.05) is 0 Å². The summed E-state index contributed by atoms with van der Waals surface area (Å²) in [6, 6.07) is 17.4. The van der Waals surface area contributed by atoms with E-state index in [0.29, 0.717) is 0 Å². The van der Waals surface area contributed by atoms with Gasteiger partial charge in [0.15, 0.2) is 0 Å². The van der Waals surface area contributed by atoms with Gasteiger partial charge in [0.1, 0.15) is 0 Å². The molecule has 0 fully saturated rings. The molecule has 1 heteroatoms. The molecule has 88 valence electrons. The van der Waals surface area contributed by atoms with Gasteiger partial charge in [0, 0.05) is 6.54 Å². The summed E-state index contributed by atoms with van der Waals surface area (Å²) in [7, 11) is 4.18. The molecular weight excluding hydrogens is 206 g/mol. The van der Waals surface area contributed by atoms with Crippen LogP contribution in [0, 0.1) is 6.92 Å². The Labute approximate surface area is 104 Å². The van der Waals surface area contributed by atoms with Gasteiger partial charge >= 0.3 is 0 Å². The Morgan fingerprint density at radius 1 is 0.882 bits per heavy atom. The van der Waals surface area contributed by atoms with E-state index in [1.165, 1.54) is 22.3 Å². The van der Waals surface area contributed by atoms with Gasteiger partial charge in [-0.15, -0.1) is 0 Å². The van der Waals surface area contributed by atoms with Gasteiger partial charge in [0.25, 0.3) is 0 Å². The first-order valence-electron chi connectivity index (χ1n) is 5.96. The van der Waals surface area contributed by atoms with Crippen LogP contribution in [0.25, 0.3) is 11.1 Å². The highest BCUT2D eigenvalue weighted by atomic mass is 15.0. The van der Waals surface area contributed by atoms with Crippen LogP contribution in [-0.2, 0) is 6.54 Å². The summed E-state index contributed by atoms with van der Waals surface area (Å²) in [4.78, 5) is 2.18. The summed E-state index contributed by atoms with van der Waals surface area (Å²) in [5, 5.41) is 0. The predicted molar refractivity (Wildman–Crippen MR) is 74.0 cm³/mol. The number of nitrogens with zero attached hydrogens (tertiary/aromatic N) is 1.